The first-order valence-corrected chi connectivity index (χ1v) is 20.1. The van der Waals surface area contributed by atoms with E-state index in [1.807, 2.05) is 6.92 Å². The van der Waals surface area contributed by atoms with Crippen molar-refractivity contribution in [1.29, 1.82) is 0 Å². The molecule has 0 radical (unpaired) electrons. The average molecular weight is 832 g/mol. The maximum absolute atomic E-state index is 14.4. The number of benzene rings is 2. The molecule has 1 aromatic heterocycles. The van der Waals surface area contributed by atoms with Gasteiger partial charge in [-0.2, -0.15) is 0 Å². The van der Waals surface area contributed by atoms with E-state index in [0.29, 0.717) is 29.7 Å². The van der Waals surface area contributed by atoms with E-state index in [9.17, 15) is 43.8 Å². The number of nitrogens with zero attached hydrogens (tertiary/aromatic N) is 2. The Morgan fingerprint density at radius 1 is 0.800 bits per heavy atom. The Morgan fingerprint density at radius 2 is 1.43 bits per heavy atom. The van der Waals surface area contributed by atoms with Gasteiger partial charge in [-0.15, -0.1) is 0 Å². The van der Waals surface area contributed by atoms with E-state index in [1.165, 1.54) is 29.6 Å². The van der Waals surface area contributed by atoms with Crippen molar-refractivity contribution in [1.82, 2.24) is 41.5 Å². The maximum atomic E-state index is 14.4. The summed E-state index contributed by atoms with van der Waals surface area (Å²) in [6.07, 6.45) is 4.00. The first kappa shape index (κ1) is 46.4. The van der Waals surface area contributed by atoms with Gasteiger partial charge in [-0.1, -0.05) is 76.6 Å². The number of aromatic amines is 1. The predicted molar refractivity (Wildman–Crippen MR) is 220 cm³/mol. The highest BCUT2D eigenvalue weighted by Gasteiger charge is 2.40. The molecule has 0 bridgehead atoms. The van der Waals surface area contributed by atoms with Gasteiger partial charge in [-0.3, -0.25) is 28.8 Å². The number of aliphatic carboxylic acids is 1. The lowest BCUT2D eigenvalue weighted by Crippen LogP contribution is -2.61. The van der Waals surface area contributed by atoms with Crippen molar-refractivity contribution in [2.24, 2.45) is 17.6 Å². The Bertz CT molecular complexity index is 1930. The lowest BCUT2D eigenvalue weighted by molar-refractivity contribution is -0.145. The van der Waals surface area contributed by atoms with Gasteiger partial charge in [0.05, 0.1) is 12.9 Å². The van der Waals surface area contributed by atoms with Crippen molar-refractivity contribution in [2.75, 3.05) is 13.1 Å². The number of phenols is 1. The number of nitrogens with two attached hydrogens (primary N) is 1. The number of carboxylic acid groups (broad SMARTS) is 1. The van der Waals surface area contributed by atoms with Gasteiger partial charge in [0, 0.05) is 37.7 Å². The number of carboxylic acids is 1. The monoisotopic (exact) mass is 831 g/mol. The largest absolute Gasteiger partial charge is 0.508 e. The summed E-state index contributed by atoms with van der Waals surface area (Å²) in [6, 6.07) is 7.89. The van der Waals surface area contributed by atoms with Crippen LogP contribution >= 0.6 is 0 Å². The molecule has 1 aliphatic heterocycles. The second-order valence-corrected chi connectivity index (χ2v) is 15.4. The zero-order chi connectivity index (χ0) is 43.9. The molecule has 2 aromatic carbocycles. The SMILES string of the molecule is CC[C@H](C)[C@H](NC(=O)[C@H](Cc1ccc(O)cc1)NC(=O)[C@@H](NC(=O)CN)C(C)C)C(=O)N[C@@H](Cc1cnc[nH]1)C(=O)N1CCC[C@H]1C(=O)N[C@@H](Cc1ccccc1)C(=O)O. The highest BCUT2D eigenvalue weighted by Crippen LogP contribution is 2.21. The van der Waals surface area contributed by atoms with Crippen LogP contribution in [0.5, 0.6) is 5.75 Å². The maximum Gasteiger partial charge on any atom is 0.326 e. The fourth-order valence-corrected chi connectivity index (χ4v) is 6.96. The van der Waals surface area contributed by atoms with Crippen LogP contribution in [-0.4, -0.2) is 116 Å². The van der Waals surface area contributed by atoms with E-state index < -0.39 is 83.6 Å². The second kappa shape index (κ2) is 22.2. The zero-order valence-corrected chi connectivity index (χ0v) is 34.4. The van der Waals surface area contributed by atoms with Crippen molar-refractivity contribution >= 4 is 41.4 Å². The summed E-state index contributed by atoms with van der Waals surface area (Å²) in [7, 11) is 0. The number of aromatic hydroxyl groups is 1. The molecule has 0 aliphatic carbocycles. The van der Waals surface area contributed by atoms with Crippen LogP contribution in [0, 0.1) is 11.8 Å². The van der Waals surface area contributed by atoms with E-state index >= 15 is 0 Å². The number of rotatable bonds is 21. The Balaban J connectivity index is 1.57. The fraction of sp³-hybridized carbons (Fsp3) is 0.476. The minimum Gasteiger partial charge on any atom is -0.508 e. The number of amides is 6. The van der Waals surface area contributed by atoms with Gasteiger partial charge in [0.15, 0.2) is 0 Å². The van der Waals surface area contributed by atoms with Crippen molar-refractivity contribution in [3.8, 4) is 5.75 Å². The minimum absolute atomic E-state index is 0.00529. The molecule has 18 nitrogen and oxygen atoms in total. The number of phenolic OH excluding ortho intramolecular Hbond substituents is 1. The number of likely N-dealkylation sites (tertiary alicyclic amines) is 1. The predicted octanol–water partition coefficient (Wildman–Crippen LogP) is 0.304. The van der Waals surface area contributed by atoms with Crippen LogP contribution in [0.1, 0.15) is 63.8 Å². The highest BCUT2D eigenvalue weighted by molar-refractivity contribution is 5.97. The number of aromatic nitrogens is 2. The lowest BCUT2D eigenvalue weighted by atomic mass is 9.96. The third kappa shape index (κ3) is 13.1. The Morgan fingerprint density at radius 3 is 2.03 bits per heavy atom. The quantitative estimate of drug-likeness (QED) is 0.0705. The summed E-state index contributed by atoms with van der Waals surface area (Å²) in [5, 5.41) is 33.3. The van der Waals surface area contributed by atoms with Gasteiger partial charge in [-0.25, -0.2) is 9.78 Å². The van der Waals surface area contributed by atoms with E-state index in [4.69, 9.17) is 5.73 Å². The third-order valence-electron chi connectivity index (χ3n) is 10.6. The number of carbonyl (C=O) groups excluding carboxylic acids is 6. The molecule has 18 heteroatoms. The summed E-state index contributed by atoms with van der Waals surface area (Å²) in [5.74, 6) is -5.95. The van der Waals surface area contributed by atoms with Gasteiger partial charge in [0.25, 0.3) is 0 Å². The lowest BCUT2D eigenvalue weighted by Gasteiger charge is -2.32. The fourth-order valence-electron chi connectivity index (χ4n) is 6.96. The van der Waals surface area contributed by atoms with Gasteiger partial charge in [-0.05, 0) is 47.9 Å². The topological polar surface area (TPSA) is 278 Å². The summed E-state index contributed by atoms with van der Waals surface area (Å²) in [4.78, 5) is 103. The van der Waals surface area contributed by atoms with Crippen LogP contribution in [0.15, 0.2) is 67.1 Å². The minimum atomic E-state index is -1.25. The number of hydrogen-bond acceptors (Lipinski definition) is 10. The molecule has 1 aliphatic rings. The van der Waals surface area contributed by atoms with Crippen LogP contribution in [0.4, 0.5) is 0 Å². The summed E-state index contributed by atoms with van der Waals surface area (Å²) in [5.41, 5.74) is 7.26. The zero-order valence-electron chi connectivity index (χ0n) is 34.4. The molecule has 60 heavy (non-hydrogen) atoms. The van der Waals surface area contributed by atoms with E-state index in [0.717, 1.165) is 0 Å². The van der Waals surface area contributed by atoms with Crippen LogP contribution in [0.3, 0.4) is 0 Å². The molecule has 0 unspecified atom stereocenters. The molecular formula is C42H57N9O9. The molecular weight excluding hydrogens is 775 g/mol. The Kier molecular flexibility index (Phi) is 17.1. The number of carbonyl (C=O) groups is 7. The summed E-state index contributed by atoms with van der Waals surface area (Å²) < 4.78 is 0. The Hall–Kier alpha value is -6.30. The van der Waals surface area contributed by atoms with Crippen molar-refractivity contribution in [3.63, 3.8) is 0 Å². The molecule has 1 saturated heterocycles. The van der Waals surface area contributed by atoms with Gasteiger partial charge >= 0.3 is 5.97 Å². The average Bonchev–Trinajstić information content (AvgIpc) is 3.94. The standard InChI is InChI=1S/C42H57N9O9/c1-5-25(4)36(50-37(54)30(18-27-13-15-29(52)16-14-27)46-39(56)35(24(2)3)49-34(53)21-43)40(57)47-31(20-28-22-44-23-45-28)41(58)51-17-9-12-33(51)38(55)48-32(42(59)60)19-26-10-7-6-8-11-26/h6-8,10-11,13-16,22-25,30-33,35-36,52H,5,9,12,17-21,43H2,1-4H3,(H,44,45)(H,46,56)(H,47,57)(H,48,55)(H,49,53)(H,50,54)(H,59,60)/t25-,30-,31-,32-,33-,35-,36-/m0/s1. The molecule has 1 fully saturated rings. The van der Waals surface area contributed by atoms with E-state index in [1.54, 1.807) is 63.2 Å². The number of hydrogen-bond donors (Lipinski definition) is 9. The van der Waals surface area contributed by atoms with Crippen molar-refractivity contribution in [2.45, 2.75) is 102 Å². The van der Waals surface area contributed by atoms with Crippen molar-refractivity contribution < 1.29 is 43.8 Å². The number of imidazole rings is 1. The molecule has 7 atom stereocenters. The smallest absolute Gasteiger partial charge is 0.326 e. The van der Waals surface area contributed by atoms with Gasteiger partial charge in [0.1, 0.15) is 42.0 Å². The first-order chi connectivity index (χ1) is 28.6. The first-order valence-electron chi connectivity index (χ1n) is 20.1. The molecule has 0 saturated carbocycles. The highest BCUT2D eigenvalue weighted by atomic mass is 16.4. The van der Waals surface area contributed by atoms with Crippen LogP contribution in [-0.2, 0) is 52.8 Å². The van der Waals surface area contributed by atoms with E-state index in [-0.39, 0.29) is 50.4 Å². The van der Waals surface area contributed by atoms with E-state index in [2.05, 4.69) is 36.6 Å². The van der Waals surface area contributed by atoms with Crippen molar-refractivity contribution in [3.05, 3.63) is 83.9 Å². The number of nitrogens with one attached hydrogen (secondary N) is 6. The normalized spacial score (nSPS) is 16.7. The molecule has 10 N–H and O–H groups in total. The molecule has 6 amide bonds. The van der Waals surface area contributed by atoms with Crippen LogP contribution in [0.25, 0.3) is 0 Å². The van der Waals surface area contributed by atoms with Gasteiger partial charge in [0.2, 0.25) is 35.4 Å². The third-order valence-corrected chi connectivity index (χ3v) is 10.6. The van der Waals surface area contributed by atoms with Crippen LogP contribution < -0.4 is 32.3 Å². The van der Waals surface area contributed by atoms with Gasteiger partial charge < -0.3 is 52.4 Å². The summed E-state index contributed by atoms with van der Waals surface area (Å²) >= 11 is 0. The molecule has 0 spiro atoms. The second-order valence-electron chi connectivity index (χ2n) is 15.4. The summed E-state index contributed by atoms with van der Waals surface area (Å²) in [6.45, 7) is 6.83. The Labute approximate surface area is 348 Å². The number of H-pyrrole nitrogens is 1. The molecule has 3 aromatic rings. The molecule has 4 rings (SSSR count). The molecule has 324 valence electrons. The van der Waals surface area contributed by atoms with Crippen LogP contribution in [0.2, 0.25) is 0 Å². The molecule has 2 heterocycles.